The maximum Gasteiger partial charge on any atom is 0.0320 e. The minimum Gasteiger partial charge on any atom is -0.399 e. The van der Waals surface area contributed by atoms with Gasteiger partial charge >= 0.3 is 0 Å². The van der Waals surface area contributed by atoms with Gasteiger partial charge in [0.2, 0.25) is 0 Å². The largest absolute Gasteiger partial charge is 0.399 e. The predicted octanol–water partition coefficient (Wildman–Crippen LogP) is 2.40. The van der Waals surface area contributed by atoms with Crippen LogP contribution in [-0.4, -0.2) is 11.5 Å². The summed E-state index contributed by atoms with van der Waals surface area (Å²) >= 11 is 1.95. The molecule has 0 saturated carbocycles. The van der Waals surface area contributed by atoms with Crippen LogP contribution in [0.4, 0.5) is 5.69 Å². The van der Waals surface area contributed by atoms with Crippen molar-refractivity contribution in [3.8, 4) is 0 Å². The summed E-state index contributed by atoms with van der Waals surface area (Å²) in [4.78, 5) is 0. The minimum absolute atomic E-state index is 0.852. The summed E-state index contributed by atoms with van der Waals surface area (Å²) in [5.41, 5.74) is 9.25. The Kier molecular flexibility index (Phi) is 2.09. The molecule has 1 nitrogen and oxygen atoms in total. The minimum atomic E-state index is 0.852. The molecular formula is C10H11NS. The van der Waals surface area contributed by atoms with Gasteiger partial charge in [-0.1, -0.05) is 18.2 Å². The Labute approximate surface area is 76.7 Å². The fourth-order valence-corrected chi connectivity index (χ4v) is 2.27. The lowest BCUT2D eigenvalue weighted by molar-refractivity contribution is 1.58. The first kappa shape index (κ1) is 7.74. The van der Waals surface area contributed by atoms with E-state index in [0.717, 1.165) is 17.2 Å². The molecule has 0 amide bonds. The summed E-state index contributed by atoms with van der Waals surface area (Å²) in [5.74, 6) is 2.27. The second kappa shape index (κ2) is 3.23. The number of hydrogen-bond donors (Lipinski definition) is 1. The molecule has 1 heterocycles. The van der Waals surface area contributed by atoms with Crippen LogP contribution < -0.4 is 5.73 Å². The Morgan fingerprint density at radius 3 is 2.92 bits per heavy atom. The van der Waals surface area contributed by atoms with Gasteiger partial charge in [-0.3, -0.25) is 0 Å². The molecule has 0 spiro atoms. The SMILES string of the molecule is Nc1cccc(C2=CCSC2)c1. The first-order valence-corrected chi connectivity index (χ1v) is 5.14. The first-order chi connectivity index (χ1) is 5.86. The maximum absolute atomic E-state index is 5.69. The zero-order chi connectivity index (χ0) is 8.39. The second-order valence-corrected chi connectivity index (χ2v) is 3.90. The number of rotatable bonds is 1. The Bertz CT molecular complexity index is 317. The molecule has 1 aromatic carbocycles. The second-order valence-electron chi connectivity index (χ2n) is 2.87. The van der Waals surface area contributed by atoms with E-state index in [9.17, 15) is 0 Å². The van der Waals surface area contributed by atoms with Gasteiger partial charge in [0.15, 0.2) is 0 Å². The molecule has 2 N–H and O–H groups in total. The molecule has 62 valence electrons. The molecule has 1 aliphatic heterocycles. The van der Waals surface area contributed by atoms with Crippen LogP contribution in [0.25, 0.3) is 5.57 Å². The fourth-order valence-electron chi connectivity index (χ4n) is 1.33. The molecule has 12 heavy (non-hydrogen) atoms. The molecule has 0 bridgehead atoms. The van der Waals surface area contributed by atoms with Gasteiger partial charge in [0.25, 0.3) is 0 Å². The van der Waals surface area contributed by atoms with E-state index >= 15 is 0 Å². The summed E-state index contributed by atoms with van der Waals surface area (Å²) < 4.78 is 0. The van der Waals surface area contributed by atoms with Gasteiger partial charge in [0, 0.05) is 17.2 Å². The van der Waals surface area contributed by atoms with Crippen molar-refractivity contribution in [3.63, 3.8) is 0 Å². The topological polar surface area (TPSA) is 26.0 Å². The highest BCUT2D eigenvalue weighted by molar-refractivity contribution is 8.00. The average molecular weight is 177 g/mol. The van der Waals surface area contributed by atoms with Crippen molar-refractivity contribution in [1.29, 1.82) is 0 Å². The Hall–Kier alpha value is -0.890. The van der Waals surface area contributed by atoms with E-state index in [4.69, 9.17) is 5.73 Å². The molecule has 2 rings (SSSR count). The van der Waals surface area contributed by atoms with Gasteiger partial charge in [-0.15, -0.1) is 0 Å². The molecule has 0 aromatic heterocycles. The van der Waals surface area contributed by atoms with Gasteiger partial charge in [-0.05, 0) is 23.3 Å². The number of hydrogen-bond acceptors (Lipinski definition) is 2. The lowest BCUT2D eigenvalue weighted by Gasteiger charge is -2.01. The summed E-state index contributed by atoms with van der Waals surface area (Å²) in [7, 11) is 0. The van der Waals surface area contributed by atoms with Crippen LogP contribution in [0.2, 0.25) is 0 Å². The molecule has 0 saturated heterocycles. The number of thioether (sulfide) groups is 1. The van der Waals surface area contributed by atoms with E-state index in [1.165, 1.54) is 11.1 Å². The number of anilines is 1. The smallest absolute Gasteiger partial charge is 0.0320 e. The van der Waals surface area contributed by atoms with Gasteiger partial charge in [-0.2, -0.15) is 11.8 Å². The van der Waals surface area contributed by atoms with Gasteiger partial charge in [0.1, 0.15) is 0 Å². The van der Waals surface area contributed by atoms with E-state index in [1.54, 1.807) is 0 Å². The number of benzene rings is 1. The van der Waals surface area contributed by atoms with Gasteiger partial charge < -0.3 is 5.73 Å². The van der Waals surface area contributed by atoms with Gasteiger partial charge in [0.05, 0.1) is 0 Å². The monoisotopic (exact) mass is 177 g/mol. The van der Waals surface area contributed by atoms with Gasteiger partial charge in [-0.25, -0.2) is 0 Å². The van der Waals surface area contributed by atoms with Crippen molar-refractivity contribution in [2.45, 2.75) is 0 Å². The third-order valence-corrected chi connectivity index (χ3v) is 2.88. The normalized spacial score (nSPS) is 16.2. The van der Waals surface area contributed by atoms with Crippen LogP contribution in [0.3, 0.4) is 0 Å². The van der Waals surface area contributed by atoms with Crippen molar-refractivity contribution in [3.05, 3.63) is 35.9 Å². The van der Waals surface area contributed by atoms with Crippen molar-refractivity contribution in [2.75, 3.05) is 17.2 Å². The first-order valence-electron chi connectivity index (χ1n) is 3.99. The van der Waals surface area contributed by atoms with Crippen LogP contribution in [-0.2, 0) is 0 Å². The zero-order valence-corrected chi connectivity index (χ0v) is 7.60. The highest BCUT2D eigenvalue weighted by Crippen LogP contribution is 2.26. The van der Waals surface area contributed by atoms with Crippen molar-refractivity contribution in [2.24, 2.45) is 0 Å². The van der Waals surface area contributed by atoms with E-state index in [-0.39, 0.29) is 0 Å². The van der Waals surface area contributed by atoms with Crippen LogP contribution in [0.1, 0.15) is 5.56 Å². The lowest BCUT2D eigenvalue weighted by Crippen LogP contribution is -1.88. The van der Waals surface area contributed by atoms with E-state index < -0.39 is 0 Å². The highest BCUT2D eigenvalue weighted by Gasteiger charge is 2.06. The standard InChI is InChI=1S/C10H11NS/c11-10-3-1-2-8(6-10)9-4-5-12-7-9/h1-4,6H,5,7,11H2. The summed E-state index contributed by atoms with van der Waals surface area (Å²) in [6, 6.07) is 8.09. The van der Waals surface area contributed by atoms with E-state index in [0.29, 0.717) is 0 Å². The maximum atomic E-state index is 5.69. The Balaban J connectivity index is 2.33. The average Bonchev–Trinajstić information content (AvgIpc) is 2.56. The summed E-state index contributed by atoms with van der Waals surface area (Å²) in [6.45, 7) is 0. The predicted molar refractivity (Wildman–Crippen MR) is 56.2 cm³/mol. The molecule has 0 atom stereocenters. The summed E-state index contributed by atoms with van der Waals surface area (Å²) in [6.07, 6.45) is 2.28. The Morgan fingerprint density at radius 1 is 1.33 bits per heavy atom. The van der Waals surface area contributed by atoms with Crippen LogP contribution in [0, 0.1) is 0 Å². The van der Waals surface area contributed by atoms with Crippen LogP contribution in [0.15, 0.2) is 30.3 Å². The molecule has 1 aliphatic rings. The highest BCUT2D eigenvalue weighted by atomic mass is 32.2. The quantitative estimate of drug-likeness (QED) is 0.667. The number of nitrogen functional groups attached to an aromatic ring is 1. The summed E-state index contributed by atoms with van der Waals surface area (Å²) in [5, 5.41) is 0. The molecule has 0 fully saturated rings. The molecule has 1 aromatic rings. The van der Waals surface area contributed by atoms with Crippen LogP contribution in [0.5, 0.6) is 0 Å². The van der Waals surface area contributed by atoms with Crippen molar-refractivity contribution >= 4 is 23.0 Å². The van der Waals surface area contributed by atoms with Crippen LogP contribution >= 0.6 is 11.8 Å². The third-order valence-electron chi connectivity index (χ3n) is 1.96. The Morgan fingerprint density at radius 2 is 2.25 bits per heavy atom. The number of nitrogens with two attached hydrogens (primary N) is 1. The third kappa shape index (κ3) is 1.48. The lowest BCUT2D eigenvalue weighted by atomic mass is 10.1. The molecule has 0 radical (unpaired) electrons. The van der Waals surface area contributed by atoms with Crippen molar-refractivity contribution < 1.29 is 0 Å². The fraction of sp³-hybridized carbons (Fsp3) is 0.200. The van der Waals surface area contributed by atoms with E-state index in [2.05, 4.69) is 12.1 Å². The zero-order valence-electron chi connectivity index (χ0n) is 6.79. The molecule has 0 unspecified atom stereocenters. The molecule has 2 heteroatoms. The van der Waals surface area contributed by atoms with E-state index in [1.807, 2.05) is 30.0 Å². The molecular weight excluding hydrogens is 166 g/mol. The van der Waals surface area contributed by atoms with Crippen molar-refractivity contribution in [1.82, 2.24) is 0 Å². The molecule has 0 aliphatic carbocycles.